The van der Waals surface area contributed by atoms with Gasteiger partial charge in [0.25, 0.3) is 0 Å². The molecule has 100 valence electrons. The van der Waals surface area contributed by atoms with E-state index >= 15 is 0 Å². The molecule has 0 aromatic heterocycles. The van der Waals surface area contributed by atoms with E-state index in [0.717, 1.165) is 12.2 Å². The van der Waals surface area contributed by atoms with Crippen LogP contribution in [0.15, 0.2) is 60.7 Å². The maximum atomic E-state index is 6.15. The molecule has 1 heteroatoms. The van der Waals surface area contributed by atoms with E-state index in [2.05, 4.69) is 37.3 Å². The first kappa shape index (κ1) is 13.7. The maximum absolute atomic E-state index is 6.15. The summed E-state index contributed by atoms with van der Waals surface area (Å²) in [4.78, 5) is 0. The predicted molar refractivity (Wildman–Crippen MR) is 80.4 cm³/mol. The third-order valence-electron chi connectivity index (χ3n) is 3.26. The molecule has 0 fully saturated rings. The van der Waals surface area contributed by atoms with Crippen molar-refractivity contribution in [1.82, 2.24) is 0 Å². The zero-order valence-electron chi connectivity index (χ0n) is 11.6. The minimum atomic E-state index is 0.162. The average Bonchev–Trinajstić information content (AvgIpc) is 2.48. The second kappa shape index (κ2) is 7.63. The van der Waals surface area contributed by atoms with E-state index in [4.69, 9.17) is 4.74 Å². The molecule has 0 heterocycles. The Kier molecular flexibility index (Phi) is 5.49. The van der Waals surface area contributed by atoms with Gasteiger partial charge in [-0.15, -0.1) is 0 Å². The molecule has 2 aromatic carbocycles. The van der Waals surface area contributed by atoms with Gasteiger partial charge in [-0.25, -0.2) is 0 Å². The number of rotatable bonds is 7. The van der Waals surface area contributed by atoms with E-state index in [1.54, 1.807) is 0 Å². The van der Waals surface area contributed by atoms with Crippen LogP contribution < -0.4 is 4.74 Å². The minimum Gasteiger partial charge on any atom is -0.486 e. The molecule has 0 bridgehead atoms. The highest BCUT2D eigenvalue weighted by Gasteiger charge is 2.12. The van der Waals surface area contributed by atoms with Gasteiger partial charge in [0.1, 0.15) is 11.9 Å². The first-order chi connectivity index (χ1) is 9.40. The van der Waals surface area contributed by atoms with E-state index in [-0.39, 0.29) is 6.10 Å². The van der Waals surface area contributed by atoms with Crippen LogP contribution in [0, 0.1) is 0 Å². The van der Waals surface area contributed by atoms with Crippen molar-refractivity contribution >= 4 is 0 Å². The van der Waals surface area contributed by atoms with Gasteiger partial charge < -0.3 is 4.74 Å². The normalized spacial score (nSPS) is 12.1. The van der Waals surface area contributed by atoms with E-state index in [1.165, 1.54) is 24.8 Å². The smallest absolute Gasteiger partial charge is 0.124 e. The molecule has 0 amide bonds. The molecule has 2 aromatic rings. The van der Waals surface area contributed by atoms with Crippen LogP contribution in [0.5, 0.6) is 5.75 Å². The Hall–Kier alpha value is -1.76. The summed E-state index contributed by atoms with van der Waals surface area (Å²) in [6, 6.07) is 20.6. The first-order valence-electron chi connectivity index (χ1n) is 7.17. The molecule has 19 heavy (non-hydrogen) atoms. The quantitative estimate of drug-likeness (QED) is 0.602. The van der Waals surface area contributed by atoms with Crippen molar-refractivity contribution < 1.29 is 4.74 Å². The van der Waals surface area contributed by atoms with Gasteiger partial charge in [-0.1, -0.05) is 68.3 Å². The van der Waals surface area contributed by atoms with Gasteiger partial charge in [0.05, 0.1) is 0 Å². The van der Waals surface area contributed by atoms with Gasteiger partial charge >= 0.3 is 0 Å². The third-order valence-corrected chi connectivity index (χ3v) is 3.26. The van der Waals surface area contributed by atoms with E-state index in [9.17, 15) is 0 Å². The fourth-order valence-electron chi connectivity index (χ4n) is 2.20. The summed E-state index contributed by atoms with van der Waals surface area (Å²) in [5, 5.41) is 0. The predicted octanol–water partition coefficient (Wildman–Crippen LogP) is 5.39. The highest BCUT2D eigenvalue weighted by atomic mass is 16.5. The molecule has 2 rings (SSSR count). The van der Waals surface area contributed by atoms with Crippen LogP contribution in [0.25, 0.3) is 0 Å². The second-order valence-electron chi connectivity index (χ2n) is 4.83. The lowest BCUT2D eigenvalue weighted by Gasteiger charge is -2.19. The summed E-state index contributed by atoms with van der Waals surface area (Å²) >= 11 is 0. The largest absolute Gasteiger partial charge is 0.486 e. The molecule has 0 N–H and O–H groups in total. The fraction of sp³-hybridized carbons (Fsp3) is 0.333. The van der Waals surface area contributed by atoms with Crippen LogP contribution >= 0.6 is 0 Å². The van der Waals surface area contributed by atoms with E-state index in [0.29, 0.717) is 0 Å². The first-order valence-corrected chi connectivity index (χ1v) is 7.17. The molecule has 0 saturated heterocycles. The fourth-order valence-corrected chi connectivity index (χ4v) is 2.20. The van der Waals surface area contributed by atoms with Gasteiger partial charge in [-0.3, -0.25) is 0 Å². The Labute approximate surface area is 116 Å². The molecular weight excluding hydrogens is 232 g/mol. The average molecular weight is 254 g/mol. The lowest BCUT2D eigenvalue weighted by molar-refractivity contribution is 0.190. The molecular formula is C18H22O. The van der Waals surface area contributed by atoms with Crippen molar-refractivity contribution in [3.8, 4) is 5.75 Å². The second-order valence-corrected chi connectivity index (χ2v) is 4.83. The zero-order valence-corrected chi connectivity index (χ0v) is 11.6. The molecule has 0 aliphatic carbocycles. The minimum absolute atomic E-state index is 0.162. The topological polar surface area (TPSA) is 9.23 Å². The summed E-state index contributed by atoms with van der Waals surface area (Å²) in [6.07, 6.45) is 4.96. The van der Waals surface area contributed by atoms with Gasteiger partial charge in [0.15, 0.2) is 0 Å². The lowest BCUT2D eigenvalue weighted by Crippen LogP contribution is -2.07. The summed E-state index contributed by atoms with van der Waals surface area (Å²) in [5.74, 6) is 0.952. The van der Waals surface area contributed by atoms with Gasteiger partial charge in [0.2, 0.25) is 0 Å². The Morgan fingerprint density at radius 3 is 2.11 bits per heavy atom. The van der Waals surface area contributed by atoms with Crippen LogP contribution in [0.3, 0.4) is 0 Å². The summed E-state index contributed by atoms with van der Waals surface area (Å²) < 4.78 is 6.15. The van der Waals surface area contributed by atoms with E-state index < -0.39 is 0 Å². The molecule has 1 unspecified atom stereocenters. The standard InChI is InChI=1S/C18H22O/c1-2-3-6-15-18(16-11-7-4-8-12-16)19-17-13-9-5-10-14-17/h4-5,7-14,18H,2-3,6,15H2,1H3. The molecule has 1 atom stereocenters. The van der Waals surface area contributed by atoms with Crippen LogP contribution in [-0.4, -0.2) is 0 Å². The van der Waals surface area contributed by atoms with Crippen molar-refractivity contribution in [2.24, 2.45) is 0 Å². The van der Waals surface area contributed by atoms with Crippen molar-refractivity contribution in [2.45, 2.75) is 38.7 Å². The molecule has 1 nitrogen and oxygen atoms in total. The molecule has 0 radical (unpaired) electrons. The monoisotopic (exact) mass is 254 g/mol. The Morgan fingerprint density at radius 1 is 0.842 bits per heavy atom. The number of hydrogen-bond acceptors (Lipinski definition) is 1. The van der Waals surface area contributed by atoms with E-state index in [1.807, 2.05) is 30.3 Å². The number of hydrogen-bond donors (Lipinski definition) is 0. The zero-order chi connectivity index (χ0) is 13.3. The SMILES string of the molecule is CCCCCC(Oc1ccccc1)c1ccccc1. The summed E-state index contributed by atoms with van der Waals surface area (Å²) in [6.45, 7) is 2.23. The Bertz CT molecular complexity index is 450. The van der Waals surface area contributed by atoms with Gasteiger partial charge in [-0.05, 0) is 30.5 Å². The number of ether oxygens (including phenoxy) is 1. The Morgan fingerprint density at radius 2 is 1.47 bits per heavy atom. The molecule has 0 spiro atoms. The van der Waals surface area contributed by atoms with Crippen LogP contribution in [0.2, 0.25) is 0 Å². The van der Waals surface area contributed by atoms with Crippen LogP contribution in [-0.2, 0) is 0 Å². The number of unbranched alkanes of at least 4 members (excludes halogenated alkanes) is 2. The lowest BCUT2D eigenvalue weighted by atomic mass is 10.0. The summed E-state index contributed by atoms with van der Waals surface area (Å²) in [5.41, 5.74) is 1.27. The van der Waals surface area contributed by atoms with Crippen molar-refractivity contribution in [3.05, 3.63) is 66.2 Å². The maximum Gasteiger partial charge on any atom is 0.124 e. The van der Waals surface area contributed by atoms with Crippen molar-refractivity contribution in [3.63, 3.8) is 0 Å². The molecule has 0 saturated carbocycles. The van der Waals surface area contributed by atoms with Crippen LogP contribution in [0.1, 0.15) is 44.3 Å². The Balaban J connectivity index is 2.06. The number of benzene rings is 2. The van der Waals surface area contributed by atoms with Gasteiger partial charge in [-0.2, -0.15) is 0 Å². The number of para-hydroxylation sites is 1. The van der Waals surface area contributed by atoms with Crippen LogP contribution in [0.4, 0.5) is 0 Å². The third kappa shape index (κ3) is 4.44. The summed E-state index contributed by atoms with van der Waals surface area (Å²) in [7, 11) is 0. The van der Waals surface area contributed by atoms with Crippen molar-refractivity contribution in [1.29, 1.82) is 0 Å². The van der Waals surface area contributed by atoms with Gasteiger partial charge in [0, 0.05) is 0 Å². The molecule has 0 aliphatic heterocycles. The van der Waals surface area contributed by atoms with Crippen molar-refractivity contribution in [2.75, 3.05) is 0 Å². The highest BCUT2D eigenvalue weighted by Crippen LogP contribution is 2.26. The highest BCUT2D eigenvalue weighted by molar-refractivity contribution is 5.24. The molecule has 0 aliphatic rings.